The van der Waals surface area contributed by atoms with E-state index in [0.29, 0.717) is 0 Å². The number of halogens is 4. The van der Waals surface area contributed by atoms with Gasteiger partial charge in [-0.15, -0.1) is 0 Å². The molecule has 0 aliphatic carbocycles. The molecular formula is C23H24ClF3N4O3. The number of aromatic nitrogens is 1. The van der Waals surface area contributed by atoms with Crippen molar-refractivity contribution in [2.75, 3.05) is 25.0 Å². The lowest BCUT2D eigenvalue weighted by atomic mass is 9.72. The number of hydrogen-bond donors (Lipinski definition) is 2. The number of nitrogens with zero attached hydrogens (tertiary/aromatic N) is 2. The van der Waals surface area contributed by atoms with E-state index in [1.807, 2.05) is 0 Å². The zero-order valence-electron chi connectivity index (χ0n) is 19.1. The average molecular weight is 497 g/mol. The van der Waals surface area contributed by atoms with Gasteiger partial charge in [0.25, 0.3) is 5.91 Å². The van der Waals surface area contributed by atoms with E-state index >= 15 is 4.39 Å². The number of amides is 2. The fourth-order valence-corrected chi connectivity index (χ4v) is 4.33. The summed E-state index contributed by atoms with van der Waals surface area (Å²) in [5, 5.41) is 4.84. The number of pyridine rings is 1. The molecule has 34 heavy (non-hydrogen) atoms. The number of fused-ring (bicyclic) bond motifs is 1. The molecule has 2 aliphatic heterocycles. The number of hydrogen-bond acceptors (Lipinski definition) is 5. The minimum absolute atomic E-state index is 0.0550. The Kier molecular flexibility index (Phi) is 5.91. The van der Waals surface area contributed by atoms with E-state index < -0.39 is 45.5 Å². The van der Waals surface area contributed by atoms with E-state index in [0.717, 1.165) is 6.07 Å². The highest BCUT2D eigenvalue weighted by Crippen LogP contribution is 2.42. The summed E-state index contributed by atoms with van der Waals surface area (Å²) in [5.41, 5.74) is -2.20. The molecular weight excluding hydrogens is 473 g/mol. The van der Waals surface area contributed by atoms with Gasteiger partial charge in [-0.3, -0.25) is 4.79 Å². The Morgan fingerprint density at radius 3 is 2.59 bits per heavy atom. The van der Waals surface area contributed by atoms with Gasteiger partial charge in [0.1, 0.15) is 22.3 Å². The minimum Gasteiger partial charge on any atom is -0.444 e. The molecule has 3 heterocycles. The first-order valence-electron chi connectivity index (χ1n) is 10.7. The first-order valence-corrected chi connectivity index (χ1v) is 11.0. The summed E-state index contributed by atoms with van der Waals surface area (Å²) in [5.74, 6) is -3.49. The SMILES string of the molecule is CC(C)(C)OC(=O)N1CC(Nc2ncc3c(c2F)C(C)(c2ccc(F)c(Cl)c2F)CNC3=O)C1. The second-order valence-electron chi connectivity index (χ2n) is 9.67. The van der Waals surface area contributed by atoms with Crippen molar-refractivity contribution >= 4 is 29.4 Å². The molecule has 1 unspecified atom stereocenters. The molecule has 0 radical (unpaired) electrons. The van der Waals surface area contributed by atoms with Crippen LogP contribution in [0.5, 0.6) is 0 Å². The highest BCUT2D eigenvalue weighted by atomic mass is 35.5. The van der Waals surface area contributed by atoms with Crippen LogP contribution in [0.2, 0.25) is 5.02 Å². The van der Waals surface area contributed by atoms with Gasteiger partial charge in [-0.05, 0) is 33.8 Å². The summed E-state index contributed by atoms with van der Waals surface area (Å²) in [6.07, 6.45) is 0.734. The van der Waals surface area contributed by atoms with Crippen LogP contribution < -0.4 is 10.6 Å². The molecule has 1 fully saturated rings. The standard InChI is InChI=1S/C23H24ClF3N4O3/c1-22(2,3)34-21(33)31-8-11(9-31)30-19-18(27)15-12(7-28-19)20(32)29-10-23(15,4)13-5-6-14(25)16(24)17(13)26/h5-7,11H,8-10H2,1-4H3,(H,28,30)(H,29,32). The number of nitrogens with one attached hydrogen (secondary N) is 2. The third-order valence-electron chi connectivity index (χ3n) is 5.92. The molecule has 2 aliphatic rings. The number of ether oxygens (including phenoxy) is 1. The van der Waals surface area contributed by atoms with Gasteiger partial charge in [0.15, 0.2) is 11.6 Å². The summed E-state index contributed by atoms with van der Waals surface area (Å²) in [7, 11) is 0. The van der Waals surface area contributed by atoms with E-state index in [4.69, 9.17) is 16.3 Å². The third-order valence-corrected chi connectivity index (χ3v) is 6.27. The smallest absolute Gasteiger partial charge is 0.410 e. The van der Waals surface area contributed by atoms with Crippen LogP contribution in [0.25, 0.3) is 0 Å². The van der Waals surface area contributed by atoms with Gasteiger partial charge in [-0.25, -0.2) is 22.9 Å². The van der Waals surface area contributed by atoms with Crippen LogP contribution in [-0.4, -0.2) is 53.2 Å². The predicted octanol–water partition coefficient (Wildman–Crippen LogP) is 4.23. The van der Waals surface area contributed by atoms with Gasteiger partial charge >= 0.3 is 6.09 Å². The second-order valence-corrected chi connectivity index (χ2v) is 10.1. The average Bonchev–Trinajstić information content (AvgIpc) is 2.71. The Morgan fingerprint density at radius 2 is 1.94 bits per heavy atom. The van der Waals surface area contributed by atoms with Crippen molar-refractivity contribution < 1.29 is 27.5 Å². The maximum atomic E-state index is 15.8. The normalized spacial score (nSPS) is 20.4. The first-order chi connectivity index (χ1) is 15.8. The molecule has 4 rings (SSSR count). The summed E-state index contributed by atoms with van der Waals surface area (Å²) in [6, 6.07) is 1.89. The monoisotopic (exact) mass is 496 g/mol. The second kappa shape index (κ2) is 8.33. The lowest BCUT2D eigenvalue weighted by Gasteiger charge is -2.41. The molecule has 2 amide bonds. The number of carbonyl (C=O) groups is 2. The molecule has 7 nitrogen and oxygen atoms in total. The van der Waals surface area contributed by atoms with E-state index in [1.165, 1.54) is 17.2 Å². The summed E-state index contributed by atoms with van der Waals surface area (Å²) in [6.45, 7) is 7.23. The fourth-order valence-electron chi connectivity index (χ4n) is 4.16. The zero-order chi connectivity index (χ0) is 25.0. The Bertz CT molecular complexity index is 1180. The molecule has 0 spiro atoms. The van der Waals surface area contributed by atoms with E-state index in [2.05, 4.69) is 15.6 Å². The Hall–Kier alpha value is -3.01. The highest BCUT2D eigenvalue weighted by molar-refractivity contribution is 6.31. The molecule has 1 saturated heterocycles. The van der Waals surface area contributed by atoms with E-state index in [1.54, 1.807) is 27.7 Å². The van der Waals surface area contributed by atoms with Crippen LogP contribution in [0.15, 0.2) is 18.3 Å². The van der Waals surface area contributed by atoms with Crippen LogP contribution in [0.3, 0.4) is 0 Å². The van der Waals surface area contributed by atoms with E-state index in [9.17, 15) is 18.4 Å². The minimum atomic E-state index is -1.38. The summed E-state index contributed by atoms with van der Waals surface area (Å²) in [4.78, 5) is 30.1. The number of benzene rings is 1. The van der Waals surface area contributed by atoms with E-state index in [-0.39, 0.29) is 48.2 Å². The number of carbonyl (C=O) groups excluding carboxylic acids is 2. The first kappa shape index (κ1) is 24.1. The Morgan fingerprint density at radius 1 is 1.26 bits per heavy atom. The van der Waals surface area contributed by atoms with Gasteiger partial charge in [0, 0.05) is 42.4 Å². The zero-order valence-corrected chi connectivity index (χ0v) is 19.8. The Balaban J connectivity index is 1.63. The maximum Gasteiger partial charge on any atom is 0.410 e. The maximum absolute atomic E-state index is 15.8. The van der Waals surface area contributed by atoms with Crippen molar-refractivity contribution in [1.82, 2.24) is 15.2 Å². The van der Waals surface area contributed by atoms with Crippen LogP contribution in [-0.2, 0) is 10.2 Å². The van der Waals surface area contributed by atoms with Gasteiger partial charge in [-0.2, -0.15) is 0 Å². The molecule has 1 aromatic carbocycles. The lowest BCUT2D eigenvalue weighted by molar-refractivity contribution is 0.0104. The molecule has 182 valence electrons. The topological polar surface area (TPSA) is 83.6 Å². The highest BCUT2D eigenvalue weighted by Gasteiger charge is 2.43. The largest absolute Gasteiger partial charge is 0.444 e. The van der Waals surface area contributed by atoms with Crippen LogP contribution in [0, 0.1) is 17.5 Å². The third kappa shape index (κ3) is 4.15. The van der Waals surface area contributed by atoms with Crippen LogP contribution >= 0.6 is 11.6 Å². The quantitative estimate of drug-likeness (QED) is 0.621. The fraction of sp³-hybridized carbons (Fsp3) is 0.435. The molecule has 1 aromatic heterocycles. The molecule has 2 N–H and O–H groups in total. The number of anilines is 1. The molecule has 2 aromatic rings. The van der Waals surface area contributed by atoms with Gasteiger partial charge in [0.05, 0.1) is 11.6 Å². The van der Waals surface area contributed by atoms with Crippen molar-refractivity contribution in [3.8, 4) is 0 Å². The number of rotatable bonds is 3. The van der Waals surface area contributed by atoms with Crippen molar-refractivity contribution in [3.63, 3.8) is 0 Å². The van der Waals surface area contributed by atoms with Crippen LogP contribution in [0.4, 0.5) is 23.8 Å². The van der Waals surface area contributed by atoms with Gasteiger partial charge < -0.3 is 20.3 Å². The predicted molar refractivity (Wildman–Crippen MR) is 120 cm³/mol. The summed E-state index contributed by atoms with van der Waals surface area (Å²) >= 11 is 5.77. The Labute approximate surface area is 199 Å². The van der Waals surface area contributed by atoms with Crippen molar-refractivity contribution in [2.24, 2.45) is 0 Å². The number of likely N-dealkylation sites (tertiary alicyclic amines) is 1. The van der Waals surface area contributed by atoms with Crippen molar-refractivity contribution in [3.05, 3.63) is 57.5 Å². The molecule has 0 bridgehead atoms. The lowest BCUT2D eigenvalue weighted by Crippen LogP contribution is -2.58. The summed E-state index contributed by atoms with van der Waals surface area (Å²) < 4.78 is 49.8. The molecule has 1 atom stereocenters. The van der Waals surface area contributed by atoms with Crippen molar-refractivity contribution in [1.29, 1.82) is 0 Å². The van der Waals surface area contributed by atoms with Crippen LogP contribution in [0.1, 0.15) is 49.2 Å². The molecule has 11 heteroatoms. The van der Waals surface area contributed by atoms with Gasteiger partial charge in [-0.1, -0.05) is 17.7 Å². The van der Waals surface area contributed by atoms with Gasteiger partial charge in [0.2, 0.25) is 0 Å². The van der Waals surface area contributed by atoms with Crippen molar-refractivity contribution in [2.45, 2.75) is 44.8 Å². The molecule has 0 saturated carbocycles.